The van der Waals surface area contributed by atoms with Crippen LogP contribution >= 0.6 is 0 Å². The van der Waals surface area contributed by atoms with Gasteiger partial charge in [-0.1, -0.05) is 24.3 Å². The lowest BCUT2D eigenvalue weighted by molar-refractivity contribution is -0.119. The Labute approximate surface area is 153 Å². The van der Waals surface area contributed by atoms with E-state index < -0.39 is 21.9 Å². The third kappa shape index (κ3) is 3.58. The smallest absolute Gasteiger partial charge is 0.250 e. The van der Waals surface area contributed by atoms with Crippen LogP contribution in [0.1, 0.15) is 18.9 Å². The second-order valence-corrected chi connectivity index (χ2v) is 8.30. The van der Waals surface area contributed by atoms with Crippen LogP contribution in [-0.2, 0) is 21.2 Å². The van der Waals surface area contributed by atoms with E-state index in [0.717, 1.165) is 40.7 Å². The first kappa shape index (κ1) is 18.4. The van der Waals surface area contributed by atoms with Crippen molar-refractivity contribution in [2.45, 2.75) is 25.8 Å². The summed E-state index contributed by atoms with van der Waals surface area (Å²) < 4.78 is 39.3. The van der Waals surface area contributed by atoms with Crippen LogP contribution in [0, 0.1) is 5.82 Å². The Morgan fingerprint density at radius 3 is 2.62 bits per heavy atom. The number of nitrogens with zero attached hydrogens (tertiary/aromatic N) is 2. The number of rotatable bonds is 4. The van der Waals surface area contributed by atoms with E-state index in [-0.39, 0.29) is 11.6 Å². The number of halogens is 1. The van der Waals surface area contributed by atoms with E-state index in [1.165, 1.54) is 25.1 Å². The Hall–Kier alpha value is -2.41. The first-order valence-electron chi connectivity index (χ1n) is 8.43. The fraction of sp³-hybridized carbons (Fsp3) is 0.316. The van der Waals surface area contributed by atoms with Crippen molar-refractivity contribution >= 4 is 27.3 Å². The number of para-hydroxylation sites is 1. The number of aryl methyl sites for hydroxylation is 1. The molecule has 0 saturated carbocycles. The van der Waals surface area contributed by atoms with Gasteiger partial charge in [-0.2, -0.15) is 0 Å². The van der Waals surface area contributed by atoms with Crippen LogP contribution in [0.25, 0.3) is 0 Å². The summed E-state index contributed by atoms with van der Waals surface area (Å²) >= 11 is 0. The van der Waals surface area contributed by atoms with Crippen molar-refractivity contribution in [3.8, 4) is 0 Å². The molecule has 0 bridgehead atoms. The second kappa shape index (κ2) is 7.07. The van der Waals surface area contributed by atoms with Gasteiger partial charge in [-0.05, 0) is 49.6 Å². The van der Waals surface area contributed by atoms with E-state index >= 15 is 0 Å². The molecule has 2 aromatic rings. The lowest BCUT2D eigenvalue weighted by Gasteiger charge is -2.35. The molecule has 1 atom stereocenters. The summed E-state index contributed by atoms with van der Waals surface area (Å²) in [4.78, 5) is 14.8. The molecule has 0 fully saturated rings. The summed E-state index contributed by atoms with van der Waals surface area (Å²) in [5.41, 5.74) is 2.01. The second-order valence-electron chi connectivity index (χ2n) is 6.44. The van der Waals surface area contributed by atoms with Crippen molar-refractivity contribution in [1.82, 2.24) is 0 Å². The van der Waals surface area contributed by atoms with Gasteiger partial charge in [0.25, 0.3) is 5.91 Å². The number of fused-ring (bicyclic) bond motifs is 1. The largest absolute Gasteiger partial charge is 0.310 e. The van der Waals surface area contributed by atoms with E-state index in [9.17, 15) is 17.6 Å². The van der Waals surface area contributed by atoms with Gasteiger partial charge in [-0.3, -0.25) is 9.10 Å². The molecule has 1 amide bonds. The van der Waals surface area contributed by atoms with Gasteiger partial charge < -0.3 is 4.90 Å². The molecule has 7 heteroatoms. The van der Waals surface area contributed by atoms with E-state index in [1.54, 1.807) is 4.90 Å². The standard InChI is InChI=1S/C19H21FN2O3S/c1-14(22(26(2,24)25)17-10-5-9-16(20)13-17)19(23)21-12-6-8-15-7-3-4-11-18(15)21/h3-5,7,9-11,13-14H,6,8,12H2,1-2H3/t14-/m1/s1. The maximum Gasteiger partial charge on any atom is 0.250 e. The molecule has 0 unspecified atom stereocenters. The Kier molecular flexibility index (Phi) is 5.00. The van der Waals surface area contributed by atoms with Gasteiger partial charge in [0, 0.05) is 12.2 Å². The van der Waals surface area contributed by atoms with Crippen LogP contribution in [0.5, 0.6) is 0 Å². The predicted molar refractivity (Wildman–Crippen MR) is 100 cm³/mol. The Bertz CT molecular complexity index is 930. The van der Waals surface area contributed by atoms with E-state index in [2.05, 4.69) is 0 Å². The van der Waals surface area contributed by atoms with Crippen molar-refractivity contribution in [2.24, 2.45) is 0 Å². The first-order valence-corrected chi connectivity index (χ1v) is 10.3. The van der Waals surface area contributed by atoms with Gasteiger partial charge in [0.05, 0.1) is 11.9 Å². The molecule has 26 heavy (non-hydrogen) atoms. The van der Waals surface area contributed by atoms with Gasteiger partial charge in [-0.15, -0.1) is 0 Å². The predicted octanol–water partition coefficient (Wildman–Crippen LogP) is 2.96. The van der Waals surface area contributed by atoms with Crippen LogP contribution in [-0.4, -0.2) is 33.2 Å². The highest BCUT2D eigenvalue weighted by Crippen LogP contribution is 2.29. The molecule has 1 heterocycles. The number of anilines is 2. The molecule has 2 aromatic carbocycles. The SMILES string of the molecule is C[C@H](C(=O)N1CCCc2ccccc21)N(c1cccc(F)c1)S(C)(=O)=O. The monoisotopic (exact) mass is 376 g/mol. The van der Waals surface area contributed by atoms with Gasteiger partial charge >= 0.3 is 0 Å². The Balaban J connectivity index is 1.98. The number of hydrogen-bond donors (Lipinski definition) is 0. The fourth-order valence-corrected chi connectivity index (χ4v) is 4.56. The van der Waals surface area contributed by atoms with Crippen molar-refractivity contribution < 1.29 is 17.6 Å². The van der Waals surface area contributed by atoms with Crippen LogP contribution in [0.4, 0.5) is 15.8 Å². The highest BCUT2D eigenvalue weighted by molar-refractivity contribution is 7.92. The number of benzene rings is 2. The molecule has 0 aliphatic carbocycles. The molecule has 0 saturated heterocycles. The molecular formula is C19H21FN2O3S. The van der Waals surface area contributed by atoms with Crippen LogP contribution < -0.4 is 9.21 Å². The number of sulfonamides is 1. The van der Waals surface area contributed by atoms with E-state index in [1.807, 2.05) is 24.3 Å². The molecule has 138 valence electrons. The summed E-state index contributed by atoms with van der Waals surface area (Å²) in [7, 11) is -3.78. The third-order valence-corrected chi connectivity index (χ3v) is 5.75. The van der Waals surface area contributed by atoms with Crippen LogP contribution in [0.2, 0.25) is 0 Å². The molecule has 0 spiro atoms. The van der Waals surface area contributed by atoms with Crippen molar-refractivity contribution in [3.63, 3.8) is 0 Å². The minimum Gasteiger partial charge on any atom is -0.310 e. The minimum absolute atomic E-state index is 0.138. The van der Waals surface area contributed by atoms with Gasteiger partial charge in [0.1, 0.15) is 11.9 Å². The molecule has 0 radical (unpaired) electrons. The Morgan fingerprint density at radius 2 is 1.92 bits per heavy atom. The normalized spacial score (nSPS) is 15.3. The van der Waals surface area contributed by atoms with Crippen molar-refractivity contribution in [3.05, 3.63) is 59.9 Å². The molecule has 1 aliphatic rings. The highest BCUT2D eigenvalue weighted by atomic mass is 32.2. The molecular weight excluding hydrogens is 355 g/mol. The van der Waals surface area contributed by atoms with Crippen molar-refractivity contribution in [1.29, 1.82) is 0 Å². The summed E-state index contributed by atoms with van der Waals surface area (Å²) in [6.07, 6.45) is 2.72. The van der Waals surface area contributed by atoms with Gasteiger partial charge in [0.15, 0.2) is 0 Å². The third-order valence-electron chi connectivity index (χ3n) is 4.51. The fourth-order valence-electron chi connectivity index (χ4n) is 3.40. The maximum atomic E-state index is 13.6. The molecule has 0 N–H and O–H groups in total. The first-order chi connectivity index (χ1) is 12.3. The lowest BCUT2D eigenvalue weighted by atomic mass is 10.0. The lowest BCUT2D eigenvalue weighted by Crippen LogP contribution is -2.50. The van der Waals surface area contributed by atoms with E-state index in [4.69, 9.17) is 0 Å². The molecule has 0 aromatic heterocycles. The zero-order valence-electron chi connectivity index (χ0n) is 14.7. The summed E-state index contributed by atoms with van der Waals surface area (Å²) in [5.74, 6) is -0.883. The Morgan fingerprint density at radius 1 is 1.19 bits per heavy atom. The quantitative estimate of drug-likeness (QED) is 0.824. The average Bonchev–Trinajstić information content (AvgIpc) is 2.59. The summed E-state index contributed by atoms with van der Waals surface area (Å²) in [5, 5.41) is 0. The van der Waals surface area contributed by atoms with Gasteiger partial charge in [0.2, 0.25) is 10.0 Å². The van der Waals surface area contributed by atoms with Crippen LogP contribution in [0.3, 0.4) is 0 Å². The molecule has 1 aliphatic heterocycles. The van der Waals surface area contributed by atoms with E-state index in [0.29, 0.717) is 6.54 Å². The zero-order chi connectivity index (χ0) is 18.9. The molecule has 5 nitrogen and oxygen atoms in total. The number of hydrogen-bond acceptors (Lipinski definition) is 3. The topological polar surface area (TPSA) is 57.7 Å². The minimum atomic E-state index is -3.78. The van der Waals surface area contributed by atoms with Gasteiger partial charge in [-0.25, -0.2) is 12.8 Å². The van der Waals surface area contributed by atoms with Crippen LogP contribution in [0.15, 0.2) is 48.5 Å². The zero-order valence-corrected chi connectivity index (χ0v) is 15.5. The summed E-state index contributed by atoms with van der Waals surface area (Å²) in [6.45, 7) is 2.06. The average molecular weight is 376 g/mol. The number of carbonyl (C=O) groups is 1. The summed E-state index contributed by atoms with van der Waals surface area (Å²) in [6, 6.07) is 11.9. The number of carbonyl (C=O) groups excluding carboxylic acids is 1. The maximum absolute atomic E-state index is 13.6. The highest BCUT2D eigenvalue weighted by Gasteiger charge is 2.34. The van der Waals surface area contributed by atoms with Crippen molar-refractivity contribution in [2.75, 3.05) is 22.0 Å². The number of amides is 1. The molecule has 3 rings (SSSR count).